The molecule has 0 aliphatic carbocycles. The second kappa shape index (κ2) is 7.39. The summed E-state index contributed by atoms with van der Waals surface area (Å²) in [7, 11) is 0. The maximum absolute atomic E-state index is 3.43. The van der Waals surface area contributed by atoms with Crippen LogP contribution in [0.25, 0.3) is 0 Å². The standard InChI is InChI=1S/C18H29N3/c1-2-10-21(18-13-19-14-18)17-8-11-20(12-9-17)15-16-6-4-3-5-7-16/h3-7,17-19H,2,8-15H2,1H3. The van der Waals surface area contributed by atoms with Crippen molar-refractivity contribution < 1.29 is 0 Å². The Morgan fingerprint density at radius 1 is 1.10 bits per heavy atom. The predicted molar refractivity (Wildman–Crippen MR) is 88.4 cm³/mol. The zero-order valence-corrected chi connectivity index (χ0v) is 13.3. The molecule has 0 aromatic heterocycles. The van der Waals surface area contributed by atoms with E-state index in [-0.39, 0.29) is 0 Å². The molecule has 2 saturated heterocycles. The van der Waals surface area contributed by atoms with Crippen LogP contribution in [0.4, 0.5) is 0 Å². The van der Waals surface area contributed by atoms with Crippen LogP contribution in [0.5, 0.6) is 0 Å². The average Bonchev–Trinajstić information content (AvgIpc) is 2.47. The molecule has 2 aliphatic rings. The van der Waals surface area contributed by atoms with Gasteiger partial charge in [0.05, 0.1) is 0 Å². The van der Waals surface area contributed by atoms with Crippen molar-refractivity contribution in [2.24, 2.45) is 0 Å². The Balaban J connectivity index is 1.49. The lowest BCUT2D eigenvalue weighted by molar-refractivity contribution is 0.0496. The predicted octanol–water partition coefficient (Wildman–Crippen LogP) is 2.33. The molecule has 3 nitrogen and oxygen atoms in total. The maximum Gasteiger partial charge on any atom is 0.0348 e. The van der Waals surface area contributed by atoms with E-state index in [1.807, 2.05) is 0 Å². The number of nitrogens with one attached hydrogen (secondary N) is 1. The van der Waals surface area contributed by atoms with Crippen LogP contribution in [0, 0.1) is 0 Å². The van der Waals surface area contributed by atoms with Gasteiger partial charge in [0.2, 0.25) is 0 Å². The number of piperidine rings is 1. The van der Waals surface area contributed by atoms with Gasteiger partial charge in [-0.15, -0.1) is 0 Å². The van der Waals surface area contributed by atoms with Gasteiger partial charge in [-0.05, 0) is 44.5 Å². The molecule has 2 heterocycles. The van der Waals surface area contributed by atoms with Crippen molar-refractivity contribution in [3.8, 4) is 0 Å². The molecule has 116 valence electrons. The van der Waals surface area contributed by atoms with Crippen LogP contribution in [-0.4, -0.2) is 54.6 Å². The summed E-state index contributed by atoms with van der Waals surface area (Å²) in [4.78, 5) is 5.41. The van der Waals surface area contributed by atoms with Crippen molar-refractivity contribution in [2.75, 3.05) is 32.7 Å². The SMILES string of the molecule is CCCN(C1CCN(Cc2ccccc2)CC1)C1CNC1. The van der Waals surface area contributed by atoms with E-state index < -0.39 is 0 Å². The van der Waals surface area contributed by atoms with E-state index in [2.05, 4.69) is 52.4 Å². The minimum atomic E-state index is 0.802. The first-order valence-electron chi connectivity index (χ1n) is 8.59. The topological polar surface area (TPSA) is 18.5 Å². The van der Waals surface area contributed by atoms with Gasteiger partial charge >= 0.3 is 0 Å². The zero-order chi connectivity index (χ0) is 14.5. The summed E-state index contributed by atoms with van der Waals surface area (Å²) >= 11 is 0. The first-order chi connectivity index (χ1) is 10.4. The summed E-state index contributed by atoms with van der Waals surface area (Å²) in [5.74, 6) is 0. The Kier molecular flexibility index (Phi) is 5.28. The van der Waals surface area contributed by atoms with E-state index in [0.29, 0.717) is 0 Å². The highest BCUT2D eigenvalue weighted by Gasteiger charge is 2.31. The van der Waals surface area contributed by atoms with Gasteiger partial charge in [0, 0.05) is 31.7 Å². The van der Waals surface area contributed by atoms with Gasteiger partial charge in [0.1, 0.15) is 0 Å². The molecule has 21 heavy (non-hydrogen) atoms. The number of nitrogens with zero attached hydrogens (tertiary/aromatic N) is 2. The van der Waals surface area contributed by atoms with E-state index in [9.17, 15) is 0 Å². The second-order valence-electron chi connectivity index (χ2n) is 6.54. The third kappa shape index (κ3) is 3.85. The number of rotatable bonds is 6. The Morgan fingerprint density at radius 3 is 2.38 bits per heavy atom. The molecule has 0 bridgehead atoms. The minimum Gasteiger partial charge on any atom is -0.314 e. The van der Waals surface area contributed by atoms with E-state index in [4.69, 9.17) is 0 Å². The molecule has 0 radical (unpaired) electrons. The van der Waals surface area contributed by atoms with Crippen LogP contribution < -0.4 is 5.32 Å². The van der Waals surface area contributed by atoms with Crippen molar-refractivity contribution in [2.45, 2.75) is 44.8 Å². The van der Waals surface area contributed by atoms with E-state index in [1.165, 1.54) is 57.5 Å². The highest BCUT2D eigenvalue weighted by atomic mass is 15.3. The van der Waals surface area contributed by atoms with Crippen molar-refractivity contribution in [3.05, 3.63) is 35.9 Å². The summed E-state index contributed by atoms with van der Waals surface area (Å²) in [5, 5.41) is 3.43. The molecule has 2 fully saturated rings. The molecule has 0 atom stereocenters. The van der Waals surface area contributed by atoms with E-state index in [1.54, 1.807) is 0 Å². The maximum atomic E-state index is 3.43. The second-order valence-corrected chi connectivity index (χ2v) is 6.54. The summed E-state index contributed by atoms with van der Waals surface area (Å²) in [6.45, 7) is 9.60. The molecule has 1 aromatic carbocycles. The fraction of sp³-hybridized carbons (Fsp3) is 0.667. The summed E-state index contributed by atoms with van der Waals surface area (Å²) < 4.78 is 0. The largest absolute Gasteiger partial charge is 0.314 e. The fourth-order valence-corrected chi connectivity index (χ4v) is 3.68. The van der Waals surface area contributed by atoms with Crippen molar-refractivity contribution in [3.63, 3.8) is 0 Å². The van der Waals surface area contributed by atoms with Gasteiger partial charge < -0.3 is 5.32 Å². The van der Waals surface area contributed by atoms with Crippen LogP contribution in [0.1, 0.15) is 31.7 Å². The molecule has 1 N–H and O–H groups in total. The minimum absolute atomic E-state index is 0.802. The van der Waals surface area contributed by atoms with Gasteiger partial charge in [-0.1, -0.05) is 37.3 Å². The number of likely N-dealkylation sites (tertiary alicyclic amines) is 1. The number of hydrogen-bond acceptors (Lipinski definition) is 3. The molecule has 0 saturated carbocycles. The molecule has 0 unspecified atom stereocenters. The molecule has 3 heteroatoms. The number of benzene rings is 1. The summed E-state index contributed by atoms with van der Waals surface area (Å²) in [6.07, 6.45) is 3.95. The van der Waals surface area contributed by atoms with Gasteiger partial charge in [-0.25, -0.2) is 0 Å². The lowest BCUT2D eigenvalue weighted by atomic mass is 9.98. The molecule has 2 aliphatic heterocycles. The third-order valence-corrected chi connectivity index (χ3v) is 4.99. The Hall–Kier alpha value is -0.900. The first-order valence-corrected chi connectivity index (χ1v) is 8.59. The van der Waals surface area contributed by atoms with E-state index in [0.717, 1.165) is 18.6 Å². The van der Waals surface area contributed by atoms with Gasteiger partial charge in [-0.3, -0.25) is 9.80 Å². The molecule has 0 amide bonds. The van der Waals surface area contributed by atoms with Crippen LogP contribution in [0.2, 0.25) is 0 Å². The van der Waals surface area contributed by atoms with Gasteiger partial charge in [0.15, 0.2) is 0 Å². The lowest BCUT2D eigenvalue weighted by Crippen LogP contribution is -2.61. The van der Waals surface area contributed by atoms with Crippen molar-refractivity contribution in [1.82, 2.24) is 15.1 Å². The highest BCUT2D eigenvalue weighted by Crippen LogP contribution is 2.22. The number of hydrogen-bond donors (Lipinski definition) is 1. The lowest BCUT2D eigenvalue weighted by Gasteiger charge is -2.46. The third-order valence-electron chi connectivity index (χ3n) is 4.99. The fourth-order valence-electron chi connectivity index (χ4n) is 3.68. The van der Waals surface area contributed by atoms with Gasteiger partial charge in [0.25, 0.3) is 0 Å². The normalized spacial score (nSPS) is 21.6. The highest BCUT2D eigenvalue weighted by molar-refractivity contribution is 5.14. The Bertz CT molecular complexity index is 408. The van der Waals surface area contributed by atoms with Crippen LogP contribution in [0.15, 0.2) is 30.3 Å². The smallest absolute Gasteiger partial charge is 0.0348 e. The molecule has 0 spiro atoms. The van der Waals surface area contributed by atoms with Gasteiger partial charge in [-0.2, -0.15) is 0 Å². The summed E-state index contributed by atoms with van der Waals surface area (Å²) in [5.41, 5.74) is 1.45. The first kappa shape index (κ1) is 15.0. The summed E-state index contributed by atoms with van der Waals surface area (Å²) in [6, 6.07) is 12.5. The van der Waals surface area contributed by atoms with Crippen molar-refractivity contribution in [1.29, 1.82) is 0 Å². The monoisotopic (exact) mass is 287 g/mol. The van der Waals surface area contributed by atoms with E-state index >= 15 is 0 Å². The Morgan fingerprint density at radius 2 is 1.81 bits per heavy atom. The van der Waals surface area contributed by atoms with Crippen molar-refractivity contribution >= 4 is 0 Å². The molecule has 3 rings (SSSR count). The van der Waals surface area contributed by atoms with Crippen LogP contribution in [0.3, 0.4) is 0 Å². The quantitative estimate of drug-likeness (QED) is 0.866. The molecular weight excluding hydrogens is 258 g/mol. The van der Waals surface area contributed by atoms with Crippen LogP contribution in [-0.2, 0) is 6.54 Å². The average molecular weight is 287 g/mol. The Labute approximate surface area is 129 Å². The zero-order valence-electron chi connectivity index (χ0n) is 13.3. The molecule has 1 aromatic rings. The molecular formula is C18H29N3. The van der Waals surface area contributed by atoms with Crippen LogP contribution >= 0.6 is 0 Å².